The highest BCUT2D eigenvalue weighted by molar-refractivity contribution is 5.48. The van der Waals surface area contributed by atoms with E-state index in [0.717, 1.165) is 12.1 Å². The Morgan fingerprint density at radius 1 is 1.18 bits per heavy atom. The summed E-state index contributed by atoms with van der Waals surface area (Å²) < 4.78 is 37.1. The van der Waals surface area contributed by atoms with Crippen molar-refractivity contribution >= 4 is 5.69 Å². The Kier molecular flexibility index (Phi) is 4.40. The molecule has 2 nitrogen and oxygen atoms in total. The summed E-state index contributed by atoms with van der Waals surface area (Å²) in [6.45, 7) is 4.23. The molecule has 1 rings (SSSR count). The first-order chi connectivity index (χ1) is 7.86. The molecule has 0 spiro atoms. The van der Waals surface area contributed by atoms with Gasteiger partial charge in [-0.05, 0) is 38.1 Å². The molecule has 0 radical (unpaired) electrons. The fraction of sp³-hybridized carbons (Fsp3) is 0.500. The van der Waals surface area contributed by atoms with Crippen molar-refractivity contribution in [2.45, 2.75) is 26.1 Å². The topological polar surface area (TPSA) is 23.5 Å². The molecule has 0 aromatic heterocycles. The van der Waals surface area contributed by atoms with Gasteiger partial charge in [0, 0.05) is 18.3 Å². The van der Waals surface area contributed by atoms with Crippen molar-refractivity contribution in [3.05, 3.63) is 29.8 Å². The lowest BCUT2D eigenvalue weighted by atomic mass is 10.1. The van der Waals surface area contributed by atoms with Gasteiger partial charge in [0.05, 0.1) is 12.2 Å². The molecule has 0 amide bonds. The number of aliphatic hydroxyl groups is 1. The maximum atomic E-state index is 12.4. The fourth-order valence-electron chi connectivity index (χ4n) is 1.64. The van der Waals surface area contributed by atoms with Crippen molar-refractivity contribution in [1.82, 2.24) is 0 Å². The number of benzene rings is 1. The van der Waals surface area contributed by atoms with Crippen LogP contribution in [0.4, 0.5) is 18.9 Å². The maximum Gasteiger partial charge on any atom is 0.416 e. The van der Waals surface area contributed by atoms with Crippen LogP contribution < -0.4 is 4.90 Å². The summed E-state index contributed by atoms with van der Waals surface area (Å²) in [5, 5.41) is 8.91. The van der Waals surface area contributed by atoms with Crippen LogP contribution in [0.3, 0.4) is 0 Å². The number of halogens is 3. The number of alkyl halides is 3. The maximum absolute atomic E-state index is 12.4. The molecule has 0 atom stereocenters. The van der Waals surface area contributed by atoms with E-state index in [-0.39, 0.29) is 12.6 Å². The molecule has 5 heteroatoms. The minimum absolute atomic E-state index is 0.0286. The third kappa shape index (κ3) is 3.63. The average Bonchev–Trinajstić information content (AvgIpc) is 2.24. The van der Waals surface area contributed by atoms with Crippen molar-refractivity contribution < 1.29 is 18.3 Å². The van der Waals surface area contributed by atoms with Crippen LogP contribution in [-0.2, 0) is 6.18 Å². The molecular weight excluding hydrogens is 231 g/mol. The zero-order valence-corrected chi connectivity index (χ0v) is 9.83. The van der Waals surface area contributed by atoms with Crippen LogP contribution in [-0.4, -0.2) is 24.3 Å². The first kappa shape index (κ1) is 13.8. The standard InChI is InChI=1S/C12H16F3NO/c1-9(2)16(7-8-17)11-5-3-10(4-6-11)12(13,14)15/h3-6,9,17H,7-8H2,1-2H3. The highest BCUT2D eigenvalue weighted by Crippen LogP contribution is 2.30. The first-order valence-electron chi connectivity index (χ1n) is 5.41. The number of aliphatic hydroxyl groups excluding tert-OH is 1. The van der Waals surface area contributed by atoms with E-state index in [2.05, 4.69) is 0 Å². The Bertz CT molecular complexity index is 346. The van der Waals surface area contributed by atoms with E-state index in [1.54, 1.807) is 0 Å². The van der Waals surface area contributed by atoms with Crippen LogP contribution in [0.5, 0.6) is 0 Å². The summed E-state index contributed by atoms with van der Waals surface area (Å²) in [6.07, 6.45) is -4.31. The van der Waals surface area contributed by atoms with E-state index in [4.69, 9.17) is 5.11 Å². The molecule has 1 aromatic carbocycles. The smallest absolute Gasteiger partial charge is 0.395 e. The van der Waals surface area contributed by atoms with Gasteiger partial charge in [-0.25, -0.2) is 0 Å². The molecule has 0 saturated carbocycles. The van der Waals surface area contributed by atoms with Crippen molar-refractivity contribution in [3.63, 3.8) is 0 Å². The van der Waals surface area contributed by atoms with Crippen molar-refractivity contribution in [3.8, 4) is 0 Å². The SMILES string of the molecule is CC(C)N(CCO)c1ccc(C(F)(F)F)cc1. The number of rotatable bonds is 4. The van der Waals surface area contributed by atoms with Crippen LogP contribution in [0.1, 0.15) is 19.4 Å². The molecule has 0 unspecified atom stereocenters. The van der Waals surface area contributed by atoms with Crippen molar-refractivity contribution in [2.24, 2.45) is 0 Å². The third-order valence-corrected chi connectivity index (χ3v) is 2.49. The summed E-state index contributed by atoms with van der Waals surface area (Å²) in [4.78, 5) is 1.85. The highest BCUT2D eigenvalue weighted by atomic mass is 19.4. The monoisotopic (exact) mass is 247 g/mol. The molecule has 0 aliphatic rings. The van der Waals surface area contributed by atoms with E-state index < -0.39 is 11.7 Å². The van der Waals surface area contributed by atoms with Crippen molar-refractivity contribution in [1.29, 1.82) is 0 Å². The Labute approximate surface area is 98.7 Å². The van der Waals surface area contributed by atoms with Gasteiger partial charge in [-0.1, -0.05) is 0 Å². The Balaban J connectivity index is 2.92. The normalized spacial score (nSPS) is 11.9. The Morgan fingerprint density at radius 2 is 1.71 bits per heavy atom. The zero-order valence-electron chi connectivity index (χ0n) is 9.83. The van der Waals surface area contributed by atoms with Gasteiger partial charge in [0.25, 0.3) is 0 Å². The summed E-state index contributed by atoms with van der Waals surface area (Å²) >= 11 is 0. The van der Waals surface area contributed by atoms with Gasteiger partial charge in [0.2, 0.25) is 0 Å². The largest absolute Gasteiger partial charge is 0.416 e. The van der Waals surface area contributed by atoms with Gasteiger partial charge >= 0.3 is 6.18 Å². The number of nitrogens with zero attached hydrogens (tertiary/aromatic N) is 1. The molecule has 0 heterocycles. The zero-order chi connectivity index (χ0) is 13.1. The summed E-state index contributed by atoms with van der Waals surface area (Å²) in [5.41, 5.74) is 0.0241. The van der Waals surface area contributed by atoms with Crippen LogP contribution in [0.2, 0.25) is 0 Å². The van der Waals surface area contributed by atoms with Gasteiger partial charge < -0.3 is 10.0 Å². The second kappa shape index (κ2) is 5.40. The second-order valence-electron chi connectivity index (χ2n) is 4.06. The minimum Gasteiger partial charge on any atom is -0.395 e. The van der Waals surface area contributed by atoms with E-state index >= 15 is 0 Å². The van der Waals surface area contributed by atoms with Crippen LogP contribution in [0.15, 0.2) is 24.3 Å². The van der Waals surface area contributed by atoms with Gasteiger partial charge in [0.15, 0.2) is 0 Å². The van der Waals surface area contributed by atoms with Gasteiger partial charge in [0.1, 0.15) is 0 Å². The van der Waals surface area contributed by atoms with Crippen molar-refractivity contribution in [2.75, 3.05) is 18.1 Å². The molecule has 0 fully saturated rings. The van der Waals surface area contributed by atoms with E-state index in [0.29, 0.717) is 12.2 Å². The molecule has 0 saturated heterocycles. The molecular formula is C12H16F3NO. The number of hydrogen-bond acceptors (Lipinski definition) is 2. The molecule has 0 bridgehead atoms. The quantitative estimate of drug-likeness (QED) is 0.884. The Hall–Kier alpha value is -1.23. The average molecular weight is 247 g/mol. The van der Waals surface area contributed by atoms with Crippen LogP contribution in [0.25, 0.3) is 0 Å². The molecule has 0 aliphatic heterocycles. The van der Waals surface area contributed by atoms with E-state index in [1.165, 1.54) is 12.1 Å². The second-order valence-corrected chi connectivity index (χ2v) is 4.06. The van der Waals surface area contributed by atoms with Gasteiger partial charge in [-0.2, -0.15) is 13.2 Å². The lowest BCUT2D eigenvalue weighted by Crippen LogP contribution is -2.33. The minimum atomic E-state index is -4.31. The number of hydrogen-bond donors (Lipinski definition) is 1. The predicted molar refractivity (Wildman–Crippen MR) is 61.0 cm³/mol. The van der Waals surface area contributed by atoms with Crippen LogP contribution in [0, 0.1) is 0 Å². The van der Waals surface area contributed by atoms with E-state index in [1.807, 2.05) is 18.7 Å². The van der Waals surface area contributed by atoms with E-state index in [9.17, 15) is 13.2 Å². The summed E-state index contributed by atoms with van der Waals surface area (Å²) in [7, 11) is 0. The molecule has 0 aliphatic carbocycles. The van der Waals surface area contributed by atoms with Gasteiger partial charge in [-0.15, -0.1) is 0 Å². The predicted octanol–water partition coefficient (Wildman–Crippen LogP) is 2.91. The highest BCUT2D eigenvalue weighted by Gasteiger charge is 2.30. The molecule has 17 heavy (non-hydrogen) atoms. The molecule has 1 aromatic rings. The Morgan fingerprint density at radius 3 is 2.06 bits per heavy atom. The summed E-state index contributed by atoms with van der Waals surface area (Å²) in [6, 6.07) is 5.10. The third-order valence-electron chi connectivity index (χ3n) is 2.49. The lowest BCUT2D eigenvalue weighted by Gasteiger charge is -2.28. The molecule has 96 valence electrons. The fourth-order valence-corrected chi connectivity index (χ4v) is 1.64. The van der Waals surface area contributed by atoms with Gasteiger partial charge in [-0.3, -0.25) is 0 Å². The number of anilines is 1. The first-order valence-corrected chi connectivity index (χ1v) is 5.41. The summed E-state index contributed by atoms with van der Waals surface area (Å²) in [5.74, 6) is 0. The molecule has 1 N–H and O–H groups in total. The van der Waals surface area contributed by atoms with Crippen LogP contribution >= 0.6 is 0 Å². The lowest BCUT2D eigenvalue weighted by molar-refractivity contribution is -0.137.